The van der Waals surface area contributed by atoms with Gasteiger partial charge in [0.2, 0.25) is 0 Å². The molecule has 1 saturated heterocycles. The molecule has 126 valence electrons. The molecule has 23 heavy (non-hydrogen) atoms. The Morgan fingerprint density at radius 2 is 2.26 bits per heavy atom. The molecular formula is C15H20ClN3O4. The predicted octanol–water partition coefficient (Wildman–Crippen LogP) is 1.70. The first-order valence-corrected chi connectivity index (χ1v) is 7.72. The summed E-state index contributed by atoms with van der Waals surface area (Å²) in [5, 5.41) is 14.5. The van der Waals surface area contributed by atoms with Crippen molar-refractivity contribution in [2.45, 2.75) is 18.9 Å². The van der Waals surface area contributed by atoms with Crippen LogP contribution >= 0.6 is 11.6 Å². The molecule has 1 unspecified atom stereocenters. The number of carboxylic acid groups (broad SMARTS) is 1. The molecule has 1 heterocycles. The molecule has 0 saturated carbocycles. The number of nitrogens with one attached hydrogen (secondary N) is 2. The van der Waals surface area contributed by atoms with E-state index in [1.807, 2.05) is 12.1 Å². The highest BCUT2D eigenvalue weighted by molar-refractivity contribution is 6.30. The molecule has 0 aliphatic carbocycles. The van der Waals surface area contributed by atoms with Crippen molar-refractivity contribution in [1.82, 2.24) is 10.6 Å². The van der Waals surface area contributed by atoms with E-state index >= 15 is 0 Å². The van der Waals surface area contributed by atoms with Gasteiger partial charge in [0, 0.05) is 30.7 Å². The quantitative estimate of drug-likeness (QED) is 0.732. The number of carbonyl (C=O) groups excluding carboxylic acids is 1. The van der Waals surface area contributed by atoms with Crippen LogP contribution in [0.1, 0.15) is 12.8 Å². The average molecular weight is 342 g/mol. The number of benzene rings is 1. The van der Waals surface area contributed by atoms with Gasteiger partial charge in [-0.2, -0.15) is 0 Å². The number of aliphatic carboxylic acids is 1. The second-order valence-corrected chi connectivity index (χ2v) is 5.73. The Balaban J connectivity index is 1.87. The number of amides is 2. The first-order chi connectivity index (χ1) is 11.0. The molecule has 1 aromatic rings. The van der Waals surface area contributed by atoms with Gasteiger partial charge < -0.3 is 25.4 Å². The maximum absolute atomic E-state index is 11.7. The zero-order chi connectivity index (χ0) is 16.8. The molecule has 1 aliphatic heterocycles. The maximum atomic E-state index is 11.7. The summed E-state index contributed by atoms with van der Waals surface area (Å²) in [4.78, 5) is 24.2. The normalized spacial score (nSPS) is 17.0. The Morgan fingerprint density at radius 3 is 2.96 bits per heavy atom. The second kappa shape index (κ2) is 7.92. The summed E-state index contributed by atoms with van der Waals surface area (Å²) in [7, 11) is 1.61. The van der Waals surface area contributed by atoms with Crippen molar-refractivity contribution in [3.8, 4) is 5.75 Å². The van der Waals surface area contributed by atoms with Crippen LogP contribution in [0.2, 0.25) is 5.02 Å². The van der Waals surface area contributed by atoms with Crippen molar-refractivity contribution in [2.75, 3.05) is 31.6 Å². The van der Waals surface area contributed by atoms with E-state index in [9.17, 15) is 9.59 Å². The molecule has 3 N–H and O–H groups in total. The van der Waals surface area contributed by atoms with Crippen LogP contribution in [-0.2, 0) is 4.79 Å². The van der Waals surface area contributed by atoms with E-state index in [0.717, 1.165) is 24.4 Å². The number of hydrogen-bond donors (Lipinski definition) is 3. The van der Waals surface area contributed by atoms with Crippen LogP contribution in [0.15, 0.2) is 18.2 Å². The van der Waals surface area contributed by atoms with Crippen molar-refractivity contribution in [2.24, 2.45) is 0 Å². The van der Waals surface area contributed by atoms with Gasteiger partial charge in [0.15, 0.2) is 0 Å². The van der Waals surface area contributed by atoms with Crippen molar-refractivity contribution >= 4 is 29.3 Å². The van der Waals surface area contributed by atoms with Crippen LogP contribution in [0.5, 0.6) is 5.75 Å². The molecule has 0 spiro atoms. The van der Waals surface area contributed by atoms with Gasteiger partial charge in [0.1, 0.15) is 5.75 Å². The largest absolute Gasteiger partial charge is 0.495 e. The minimum atomic E-state index is -0.939. The highest BCUT2D eigenvalue weighted by atomic mass is 35.5. The van der Waals surface area contributed by atoms with Gasteiger partial charge in [-0.1, -0.05) is 11.6 Å². The van der Waals surface area contributed by atoms with E-state index < -0.39 is 5.97 Å². The fraction of sp³-hybridized carbons (Fsp3) is 0.467. The lowest BCUT2D eigenvalue weighted by Crippen LogP contribution is -2.43. The van der Waals surface area contributed by atoms with Crippen LogP contribution < -0.4 is 20.3 Å². The number of anilines is 1. The van der Waals surface area contributed by atoms with Gasteiger partial charge >= 0.3 is 12.0 Å². The van der Waals surface area contributed by atoms with Gasteiger partial charge in [0.25, 0.3) is 0 Å². The first kappa shape index (κ1) is 17.2. The molecule has 0 bridgehead atoms. The minimum absolute atomic E-state index is 0.0106. The van der Waals surface area contributed by atoms with Crippen LogP contribution in [0.25, 0.3) is 0 Å². The Hall–Kier alpha value is -2.15. The van der Waals surface area contributed by atoms with Crippen LogP contribution in [0.4, 0.5) is 10.5 Å². The van der Waals surface area contributed by atoms with E-state index in [2.05, 4.69) is 15.5 Å². The fourth-order valence-electron chi connectivity index (χ4n) is 2.53. The molecule has 1 atom stereocenters. The SMILES string of the molecule is COc1ccc(Cl)cc1N1CCC(NC(=O)NCCC(=O)O)C1. The fourth-order valence-corrected chi connectivity index (χ4v) is 2.69. The Bertz CT molecular complexity index is 582. The number of rotatable bonds is 6. The average Bonchev–Trinajstić information content (AvgIpc) is 2.95. The zero-order valence-electron chi connectivity index (χ0n) is 12.8. The van der Waals surface area contributed by atoms with E-state index in [1.54, 1.807) is 13.2 Å². The van der Waals surface area contributed by atoms with Crippen molar-refractivity contribution in [1.29, 1.82) is 0 Å². The van der Waals surface area contributed by atoms with Gasteiger partial charge in [0.05, 0.1) is 19.2 Å². The highest BCUT2D eigenvalue weighted by Gasteiger charge is 2.26. The third-order valence-corrected chi connectivity index (χ3v) is 3.86. The lowest BCUT2D eigenvalue weighted by atomic mass is 10.2. The summed E-state index contributed by atoms with van der Waals surface area (Å²) in [6.07, 6.45) is 0.700. The van der Waals surface area contributed by atoms with Gasteiger partial charge in [-0.25, -0.2) is 4.79 Å². The lowest BCUT2D eigenvalue weighted by molar-refractivity contribution is -0.136. The van der Waals surface area contributed by atoms with E-state index in [1.165, 1.54) is 0 Å². The number of carboxylic acids is 1. The minimum Gasteiger partial charge on any atom is -0.495 e. The summed E-state index contributed by atoms with van der Waals surface area (Å²) in [6.45, 7) is 1.53. The smallest absolute Gasteiger partial charge is 0.315 e. The van der Waals surface area contributed by atoms with Crippen molar-refractivity contribution in [3.63, 3.8) is 0 Å². The summed E-state index contributed by atoms with van der Waals surface area (Å²) < 4.78 is 5.35. The summed E-state index contributed by atoms with van der Waals surface area (Å²) in [6, 6.07) is 5.07. The number of carbonyl (C=O) groups is 2. The Labute approximate surface area is 139 Å². The standard InChI is InChI=1S/C15H20ClN3O4/c1-23-13-3-2-10(16)8-12(13)19-7-5-11(9-19)18-15(22)17-6-4-14(20)21/h2-3,8,11H,4-7,9H2,1H3,(H,20,21)(H2,17,18,22). The lowest BCUT2D eigenvalue weighted by Gasteiger charge is -2.21. The van der Waals surface area contributed by atoms with Gasteiger partial charge in [-0.05, 0) is 24.6 Å². The van der Waals surface area contributed by atoms with Crippen molar-refractivity contribution in [3.05, 3.63) is 23.2 Å². The molecule has 2 amide bonds. The van der Waals surface area contributed by atoms with E-state index in [0.29, 0.717) is 11.6 Å². The number of methoxy groups -OCH3 is 1. The molecule has 8 heteroatoms. The molecule has 0 aromatic heterocycles. The third kappa shape index (κ3) is 4.92. The topological polar surface area (TPSA) is 90.9 Å². The first-order valence-electron chi connectivity index (χ1n) is 7.34. The molecule has 1 fully saturated rings. The third-order valence-electron chi connectivity index (χ3n) is 3.63. The molecule has 1 aromatic carbocycles. The summed E-state index contributed by atoms with van der Waals surface area (Å²) in [5.41, 5.74) is 0.899. The van der Waals surface area contributed by atoms with Crippen molar-refractivity contribution < 1.29 is 19.4 Å². The van der Waals surface area contributed by atoms with Gasteiger partial charge in [-0.15, -0.1) is 0 Å². The molecule has 7 nitrogen and oxygen atoms in total. The number of halogens is 1. The van der Waals surface area contributed by atoms with Crippen LogP contribution in [0.3, 0.4) is 0 Å². The Morgan fingerprint density at radius 1 is 1.48 bits per heavy atom. The molecule has 1 aliphatic rings. The summed E-state index contributed by atoms with van der Waals surface area (Å²) in [5.74, 6) is -0.202. The predicted molar refractivity (Wildman–Crippen MR) is 87.4 cm³/mol. The molecule has 0 radical (unpaired) electrons. The Kier molecular flexibility index (Phi) is 5.92. The number of hydrogen-bond acceptors (Lipinski definition) is 4. The van der Waals surface area contributed by atoms with E-state index in [4.69, 9.17) is 21.4 Å². The summed E-state index contributed by atoms with van der Waals surface area (Å²) >= 11 is 6.05. The van der Waals surface area contributed by atoms with E-state index in [-0.39, 0.29) is 25.0 Å². The van der Waals surface area contributed by atoms with Crippen LogP contribution in [-0.4, -0.2) is 49.9 Å². The second-order valence-electron chi connectivity index (χ2n) is 5.29. The number of urea groups is 1. The van der Waals surface area contributed by atoms with Gasteiger partial charge in [-0.3, -0.25) is 4.79 Å². The molecular weight excluding hydrogens is 322 g/mol. The highest BCUT2D eigenvalue weighted by Crippen LogP contribution is 2.33. The van der Waals surface area contributed by atoms with Crippen LogP contribution in [0, 0.1) is 0 Å². The number of ether oxygens (including phenoxy) is 1. The number of nitrogens with zero attached hydrogens (tertiary/aromatic N) is 1. The molecule has 2 rings (SSSR count). The zero-order valence-corrected chi connectivity index (χ0v) is 13.6. The maximum Gasteiger partial charge on any atom is 0.315 e. The monoisotopic (exact) mass is 341 g/mol.